The lowest BCUT2D eigenvalue weighted by Gasteiger charge is -2.19. The minimum absolute atomic E-state index is 0.0733. The molecule has 0 saturated heterocycles. The van der Waals surface area contributed by atoms with Gasteiger partial charge in [0, 0.05) is 41.2 Å². The standard InChI is InChI=1S/C25H24N6O4S/c26-22(27)15-6-8-16(9-7-15)24(33)30-11-3-10-29-23-20(25(34)35)21(32)17-4-1-2-5-18(17)31(23)14-19-28-12-13-36-19/h1-2,4-9,12-13,29H,3,10-11,14H2,(H3,26,27)(H,30,33)(H,34,35). The predicted molar refractivity (Wildman–Crippen MR) is 139 cm³/mol. The number of aromatic nitrogens is 2. The smallest absolute Gasteiger partial charge is 0.343 e. The summed E-state index contributed by atoms with van der Waals surface area (Å²) in [6, 6.07) is 13.3. The van der Waals surface area contributed by atoms with Gasteiger partial charge in [-0.25, -0.2) is 9.78 Å². The van der Waals surface area contributed by atoms with Gasteiger partial charge in [0.15, 0.2) is 0 Å². The van der Waals surface area contributed by atoms with E-state index in [1.165, 1.54) is 11.3 Å². The van der Waals surface area contributed by atoms with Crippen molar-refractivity contribution in [2.45, 2.75) is 13.0 Å². The van der Waals surface area contributed by atoms with E-state index < -0.39 is 11.4 Å². The van der Waals surface area contributed by atoms with Crippen LogP contribution < -0.4 is 21.8 Å². The Kier molecular flexibility index (Phi) is 7.40. The first-order chi connectivity index (χ1) is 17.4. The zero-order chi connectivity index (χ0) is 25.7. The van der Waals surface area contributed by atoms with Crippen LogP contribution in [0.3, 0.4) is 0 Å². The van der Waals surface area contributed by atoms with Gasteiger partial charge < -0.3 is 26.0 Å². The van der Waals surface area contributed by atoms with Gasteiger partial charge in [-0.1, -0.05) is 24.3 Å². The fourth-order valence-electron chi connectivity index (χ4n) is 3.81. The van der Waals surface area contributed by atoms with Gasteiger partial charge in [-0.15, -0.1) is 11.3 Å². The van der Waals surface area contributed by atoms with Crippen LogP contribution in [0, 0.1) is 5.41 Å². The Labute approximate surface area is 209 Å². The lowest BCUT2D eigenvalue weighted by Crippen LogP contribution is -2.28. The van der Waals surface area contributed by atoms with Crippen LogP contribution in [0.15, 0.2) is 64.9 Å². The lowest BCUT2D eigenvalue weighted by atomic mass is 10.1. The Balaban J connectivity index is 1.51. The molecule has 0 radical (unpaired) electrons. The molecule has 0 aliphatic rings. The number of nitrogens with two attached hydrogens (primary N) is 1. The largest absolute Gasteiger partial charge is 0.477 e. The number of hydrogen-bond acceptors (Lipinski definition) is 7. The summed E-state index contributed by atoms with van der Waals surface area (Å²) in [5.74, 6) is -1.46. The van der Waals surface area contributed by atoms with Crippen molar-refractivity contribution < 1.29 is 14.7 Å². The molecule has 0 aliphatic carbocycles. The van der Waals surface area contributed by atoms with Crippen molar-refractivity contribution in [3.63, 3.8) is 0 Å². The maximum Gasteiger partial charge on any atom is 0.343 e. The van der Waals surface area contributed by atoms with Crippen molar-refractivity contribution in [1.29, 1.82) is 5.41 Å². The zero-order valence-corrected chi connectivity index (χ0v) is 20.0. The molecule has 2 heterocycles. The summed E-state index contributed by atoms with van der Waals surface area (Å²) in [6.45, 7) is 0.945. The number of thiazole rings is 1. The number of para-hydroxylation sites is 1. The Morgan fingerprint density at radius 1 is 1.08 bits per heavy atom. The van der Waals surface area contributed by atoms with Crippen molar-refractivity contribution in [1.82, 2.24) is 14.9 Å². The second-order valence-electron chi connectivity index (χ2n) is 7.91. The molecule has 1 amide bonds. The summed E-state index contributed by atoms with van der Waals surface area (Å²) in [6.07, 6.45) is 2.15. The summed E-state index contributed by atoms with van der Waals surface area (Å²) >= 11 is 1.44. The van der Waals surface area contributed by atoms with Crippen LogP contribution in [0.2, 0.25) is 0 Å². The number of aromatic carboxylic acids is 1. The van der Waals surface area contributed by atoms with Crippen LogP contribution in [0.5, 0.6) is 0 Å². The SMILES string of the molecule is N=C(N)c1ccc(C(=O)NCCCNc2c(C(=O)O)c(=O)c3ccccc3n2Cc2nccs2)cc1. The second-order valence-corrected chi connectivity index (χ2v) is 8.89. The number of amidine groups is 1. The van der Waals surface area contributed by atoms with Crippen LogP contribution in [0.1, 0.15) is 37.7 Å². The summed E-state index contributed by atoms with van der Waals surface area (Å²) in [7, 11) is 0. The molecule has 0 saturated carbocycles. The minimum Gasteiger partial charge on any atom is -0.477 e. The van der Waals surface area contributed by atoms with Crippen molar-refractivity contribution in [3.05, 3.63) is 92.0 Å². The number of amides is 1. The van der Waals surface area contributed by atoms with E-state index in [0.29, 0.717) is 48.1 Å². The number of nitrogen functional groups attached to an aromatic ring is 1. The third-order valence-corrected chi connectivity index (χ3v) is 6.32. The van der Waals surface area contributed by atoms with Gasteiger partial charge in [0.2, 0.25) is 5.43 Å². The van der Waals surface area contributed by atoms with Crippen molar-refractivity contribution >= 4 is 45.8 Å². The monoisotopic (exact) mass is 504 g/mol. The van der Waals surface area contributed by atoms with E-state index in [9.17, 15) is 19.5 Å². The molecule has 4 aromatic rings. The summed E-state index contributed by atoms with van der Waals surface area (Å²) in [5, 5.41) is 26.1. The molecule has 0 spiro atoms. The fourth-order valence-corrected chi connectivity index (χ4v) is 4.42. The molecule has 2 aromatic carbocycles. The Hall–Kier alpha value is -4.51. The summed E-state index contributed by atoms with van der Waals surface area (Å²) in [4.78, 5) is 41.8. The molecule has 11 heteroatoms. The van der Waals surface area contributed by atoms with E-state index in [1.54, 1.807) is 59.3 Å². The highest BCUT2D eigenvalue weighted by atomic mass is 32.1. The number of fused-ring (bicyclic) bond motifs is 1. The molecule has 0 fully saturated rings. The molecule has 36 heavy (non-hydrogen) atoms. The Morgan fingerprint density at radius 3 is 2.47 bits per heavy atom. The van der Waals surface area contributed by atoms with E-state index >= 15 is 0 Å². The number of nitrogens with zero attached hydrogens (tertiary/aromatic N) is 2. The summed E-state index contributed by atoms with van der Waals surface area (Å²) < 4.78 is 1.76. The molecule has 2 aromatic heterocycles. The number of anilines is 1. The molecule has 0 unspecified atom stereocenters. The van der Waals surface area contributed by atoms with Crippen molar-refractivity contribution in [2.75, 3.05) is 18.4 Å². The number of carbonyl (C=O) groups excluding carboxylic acids is 1. The van der Waals surface area contributed by atoms with E-state index in [2.05, 4.69) is 15.6 Å². The lowest BCUT2D eigenvalue weighted by molar-refractivity contribution is 0.0695. The third-order valence-electron chi connectivity index (χ3n) is 5.55. The van der Waals surface area contributed by atoms with Crippen molar-refractivity contribution in [2.24, 2.45) is 5.73 Å². The molecule has 0 atom stereocenters. The Bertz CT molecular complexity index is 1480. The quantitative estimate of drug-likeness (QED) is 0.126. The van der Waals surface area contributed by atoms with E-state index in [-0.39, 0.29) is 23.1 Å². The number of hydrogen-bond donors (Lipinski definition) is 5. The normalized spacial score (nSPS) is 10.8. The van der Waals surface area contributed by atoms with Crippen LogP contribution in [0.25, 0.3) is 10.9 Å². The van der Waals surface area contributed by atoms with Crippen LogP contribution in [-0.4, -0.2) is 45.5 Å². The van der Waals surface area contributed by atoms with Gasteiger partial charge in [0.05, 0.1) is 12.1 Å². The highest BCUT2D eigenvalue weighted by Crippen LogP contribution is 2.23. The summed E-state index contributed by atoms with van der Waals surface area (Å²) in [5.41, 5.74) is 6.12. The minimum atomic E-state index is -1.32. The van der Waals surface area contributed by atoms with Gasteiger partial charge in [-0.3, -0.25) is 15.0 Å². The Morgan fingerprint density at radius 2 is 1.81 bits per heavy atom. The van der Waals surface area contributed by atoms with Crippen LogP contribution in [0.4, 0.5) is 5.82 Å². The van der Waals surface area contributed by atoms with Crippen LogP contribution in [-0.2, 0) is 6.54 Å². The fraction of sp³-hybridized carbons (Fsp3) is 0.160. The average molecular weight is 505 g/mol. The number of nitrogens with one attached hydrogen (secondary N) is 3. The molecule has 184 valence electrons. The van der Waals surface area contributed by atoms with E-state index in [0.717, 1.165) is 5.01 Å². The second kappa shape index (κ2) is 10.8. The molecule has 10 nitrogen and oxygen atoms in total. The van der Waals surface area contributed by atoms with Gasteiger partial charge >= 0.3 is 5.97 Å². The number of carboxylic acids is 1. The average Bonchev–Trinajstić information content (AvgIpc) is 3.39. The predicted octanol–water partition coefficient (Wildman–Crippen LogP) is 2.72. The van der Waals surface area contributed by atoms with E-state index in [1.807, 2.05) is 5.38 Å². The number of carbonyl (C=O) groups is 2. The van der Waals surface area contributed by atoms with Crippen LogP contribution >= 0.6 is 11.3 Å². The first kappa shape index (κ1) is 24.6. The van der Waals surface area contributed by atoms with Gasteiger partial charge in [-0.2, -0.15) is 0 Å². The number of rotatable bonds is 10. The van der Waals surface area contributed by atoms with E-state index in [4.69, 9.17) is 11.1 Å². The van der Waals surface area contributed by atoms with Gasteiger partial charge in [-0.05, 0) is 30.7 Å². The highest BCUT2D eigenvalue weighted by Gasteiger charge is 2.22. The van der Waals surface area contributed by atoms with Crippen molar-refractivity contribution in [3.8, 4) is 0 Å². The maximum atomic E-state index is 13.0. The third kappa shape index (κ3) is 5.26. The topological polar surface area (TPSA) is 163 Å². The number of benzene rings is 2. The first-order valence-electron chi connectivity index (χ1n) is 11.1. The molecular weight excluding hydrogens is 480 g/mol. The zero-order valence-electron chi connectivity index (χ0n) is 19.2. The number of carboxylic acid groups (broad SMARTS) is 1. The molecule has 6 N–H and O–H groups in total. The maximum absolute atomic E-state index is 13.0. The molecule has 4 rings (SSSR count). The molecule has 0 bridgehead atoms. The molecule has 0 aliphatic heterocycles. The van der Waals surface area contributed by atoms with Gasteiger partial charge in [0.1, 0.15) is 22.2 Å². The highest BCUT2D eigenvalue weighted by molar-refractivity contribution is 7.09. The van der Waals surface area contributed by atoms with Gasteiger partial charge in [0.25, 0.3) is 5.91 Å². The molecular formula is C25H24N6O4S. The first-order valence-corrected chi connectivity index (χ1v) is 12.0. The number of pyridine rings is 1.